The summed E-state index contributed by atoms with van der Waals surface area (Å²) < 4.78 is 77.0. The van der Waals surface area contributed by atoms with Gasteiger partial charge in [0.05, 0.1) is 46.9 Å². The zero-order valence-corrected chi connectivity index (χ0v) is 16.9. The van der Waals surface area contributed by atoms with Crippen LogP contribution in [0.1, 0.15) is 27.2 Å². The molecule has 0 saturated heterocycles. The third kappa shape index (κ3) is 4.66. The number of carbonyl (C=O) groups is 1. The number of nitrogens with zero attached hydrogens (tertiary/aromatic N) is 3. The van der Waals surface area contributed by atoms with Crippen LogP contribution in [0.3, 0.4) is 0 Å². The van der Waals surface area contributed by atoms with E-state index in [2.05, 4.69) is 13.5 Å². The first-order valence-electron chi connectivity index (χ1n) is 8.26. The van der Waals surface area contributed by atoms with Crippen molar-refractivity contribution in [1.29, 1.82) is 0 Å². The topological polar surface area (TPSA) is 95.5 Å². The Balaban J connectivity index is 2.15. The van der Waals surface area contributed by atoms with E-state index in [9.17, 15) is 26.7 Å². The van der Waals surface area contributed by atoms with Crippen LogP contribution in [0.4, 0.5) is 24.7 Å². The van der Waals surface area contributed by atoms with Gasteiger partial charge in [-0.05, 0) is 23.8 Å². The van der Waals surface area contributed by atoms with Crippen molar-refractivity contribution in [3.8, 4) is 0 Å². The van der Waals surface area contributed by atoms with E-state index in [0.29, 0.717) is 28.2 Å². The minimum absolute atomic E-state index is 0.187. The molecule has 3 rings (SSSR count). The van der Waals surface area contributed by atoms with Crippen molar-refractivity contribution in [1.82, 2.24) is 8.75 Å². The van der Waals surface area contributed by atoms with E-state index in [0.717, 1.165) is 18.7 Å². The Morgan fingerprint density at radius 1 is 1.20 bits per heavy atom. The number of benzene rings is 2. The number of hydrogen-bond donors (Lipinski definition) is 0. The molecule has 0 radical (unpaired) electrons. The molecule has 7 nitrogen and oxygen atoms in total. The van der Waals surface area contributed by atoms with E-state index in [1.165, 1.54) is 0 Å². The average Bonchev–Trinajstić information content (AvgIpc) is 3.15. The number of esters is 1. The summed E-state index contributed by atoms with van der Waals surface area (Å²) in [5.41, 5.74) is -1.02. The van der Waals surface area contributed by atoms with Gasteiger partial charge < -0.3 is 9.29 Å². The summed E-state index contributed by atoms with van der Waals surface area (Å²) in [6, 6.07) is 11.0. The minimum atomic E-state index is -4.76. The average molecular weight is 456 g/mol. The number of carbonyl (C=O) groups excluding carboxylic acids is 1. The zero-order chi connectivity index (χ0) is 21.9. The van der Waals surface area contributed by atoms with Crippen molar-refractivity contribution in [2.45, 2.75) is 12.6 Å². The number of hydrogen-bond acceptors (Lipinski definition) is 7. The lowest BCUT2D eigenvalue weighted by Gasteiger charge is -2.27. The molecule has 0 aliphatic carbocycles. The Morgan fingerprint density at radius 3 is 2.50 bits per heavy atom. The highest BCUT2D eigenvalue weighted by molar-refractivity contribution is 7.81. The van der Waals surface area contributed by atoms with Gasteiger partial charge in [0.2, 0.25) is 0 Å². The molecule has 0 N–H and O–H groups in total. The summed E-state index contributed by atoms with van der Waals surface area (Å²) >= 11 is -2.40. The van der Waals surface area contributed by atoms with Gasteiger partial charge in [0, 0.05) is 6.42 Å². The van der Waals surface area contributed by atoms with Crippen LogP contribution >= 0.6 is 11.7 Å². The molecule has 0 fully saturated rings. The highest BCUT2D eigenvalue weighted by Gasteiger charge is 2.33. The number of rotatable bonds is 6. The predicted molar refractivity (Wildman–Crippen MR) is 103 cm³/mol. The van der Waals surface area contributed by atoms with E-state index in [1.807, 2.05) is 0 Å². The van der Waals surface area contributed by atoms with Gasteiger partial charge in [-0.2, -0.15) is 21.9 Å². The summed E-state index contributed by atoms with van der Waals surface area (Å²) in [4.78, 5) is 12.1. The van der Waals surface area contributed by atoms with Crippen molar-refractivity contribution in [3.05, 3.63) is 70.9 Å². The molecule has 0 spiro atoms. The Bertz CT molecular complexity index is 1070. The summed E-state index contributed by atoms with van der Waals surface area (Å²) in [5, 5.41) is 0. The first kappa shape index (κ1) is 21.9. The zero-order valence-electron chi connectivity index (χ0n) is 15.3. The fourth-order valence-electron chi connectivity index (χ4n) is 2.68. The molecular formula is C18H13F3N3O4S2-. The number of halogens is 3. The van der Waals surface area contributed by atoms with Gasteiger partial charge in [0.1, 0.15) is 5.69 Å². The molecule has 12 heteroatoms. The number of aromatic nitrogens is 2. The van der Waals surface area contributed by atoms with E-state index in [-0.39, 0.29) is 23.5 Å². The molecule has 0 bridgehead atoms. The molecule has 0 aliphatic heterocycles. The monoisotopic (exact) mass is 456 g/mol. The van der Waals surface area contributed by atoms with Crippen LogP contribution in [0.5, 0.6) is 0 Å². The maximum atomic E-state index is 13.2. The third-order valence-electron chi connectivity index (χ3n) is 4.04. The lowest BCUT2D eigenvalue weighted by Crippen LogP contribution is -2.24. The maximum Gasteiger partial charge on any atom is 0.416 e. The van der Waals surface area contributed by atoms with E-state index < -0.39 is 34.7 Å². The summed E-state index contributed by atoms with van der Waals surface area (Å²) in [7, 11) is 1.04. The largest absolute Gasteiger partial charge is 0.755 e. The maximum absolute atomic E-state index is 13.2. The van der Waals surface area contributed by atoms with Gasteiger partial charge in [0.25, 0.3) is 0 Å². The molecule has 1 heterocycles. The molecule has 1 atom stereocenters. The number of alkyl halides is 3. The van der Waals surface area contributed by atoms with Crippen LogP contribution in [-0.2, 0) is 28.6 Å². The Labute approximate surface area is 175 Å². The number of methoxy groups -OCH3 is 1. The van der Waals surface area contributed by atoms with Crippen LogP contribution < -0.4 is 4.31 Å². The van der Waals surface area contributed by atoms with E-state index >= 15 is 0 Å². The standard InChI is InChI=1S/C18H14F3N3O4S2/c1-28-17(25)13-8-7-12(18(19,20)21)10-15(13)24(30(26)27)16-14(22-29-23-16)9-11-5-3-2-4-6-11/h2-8,10H,9H2,1H3,(H,26,27)/p-1. The molecule has 3 aromatic rings. The first-order chi connectivity index (χ1) is 14.2. The van der Waals surface area contributed by atoms with Crippen molar-refractivity contribution in [2.24, 2.45) is 0 Å². The molecule has 2 aromatic carbocycles. The second-order valence-corrected chi connectivity index (χ2v) is 7.26. The fourth-order valence-corrected chi connectivity index (χ4v) is 3.88. The van der Waals surface area contributed by atoms with Gasteiger partial charge >= 0.3 is 12.1 Å². The molecule has 0 aliphatic rings. The molecule has 1 aromatic heterocycles. The Kier molecular flexibility index (Phi) is 6.48. The van der Waals surface area contributed by atoms with Gasteiger partial charge in [0.15, 0.2) is 5.82 Å². The quantitative estimate of drug-likeness (QED) is 0.413. The number of anilines is 2. The van der Waals surface area contributed by atoms with Gasteiger partial charge in [-0.3, -0.25) is 8.51 Å². The van der Waals surface area contributed by atoms with Gasteiger partial charge in [-0.1, -0.05) is 30.3 Å². The first-order valence-corrected chi connectivity index (χ1v) is 10.0. The molecule has 30 heavy (non-hydrogen) atoms. The lowest BCUT2D eigenvalue weighted by atomic mass is 10.1. The normalized spacial score (nSPS) is 12.4. The second-order valence-electron chi connectivity index (χ2n) is 5.93. The molecule has 1 unspecified atom stereocenters. The predicted octanol–water partition coefficient (Wildman–Crippen LogP) is 3.87. The van der Waals surface area contributed by atoms with Crippen LogP contribution in [-0.4, -0.2) is 30.6 Å². The summed E-state index contributed by atoms with van der Waals surface area (Å²) in [6.07, 6.45) is -4.57. The highest BCUT2D eigenvalue weighted by atomic mass is 32.2. The van der Waals surface area contributed by atoms with Crippen molar-refractivity contribution in [2.75, 3.05) is 11.4 Å². The lowest BCUT2D eigenvalue weighted by molar-refractivity contribution is -0.137. The van der Waals surface area contributed by atoms with Crippen molar-refractivity contribution >= 4 is 40.5 Å². The van der Waals surface area contributed by atoms with E-state index in [4.69, 9.17) is 0 Å². The van der Waals surface area contributed by atoms with Crippen LogP contribution in [0.15, 0.2) is 48.5 Å². The van der Waals surface area contributed by atoms with Crippen LogP contribution in [0.2, 0.25) is 0 Å². The summed E-state index contributed by atoms with van der Waals surface area (Å²) in [6.45, 7) is 0. The molecular weight excluding hydrogens is 443 g/mol. The second kappa shape index (κ2) is 8.90. The molecule has 158 valence electrons. The van der Waals surface area contributed by atoms with E-state index in [1.54, 1.807) is 30.3 Å². The third-order valence-corrected chi connectivity index (χ3v) is 5.27. The smallest absolute Gasteiger partial charge is 0.416 e. The van der Waals surface area contributed by atoms with Crippen molar-refractivity contribution in [3.63, 3.8) is 0 Å². The van der Waals surface area contributed by atoms with Crippen LogP contribution in [0.25, 0.3) is 0 Å². The molecule has 0 saturated carbocycles. The van der Waals surface area contributed by atoms with Gasteiger partial charge in [-0.15, -0.1) is 0 Å². The SMILES string of the molecule is COC(=O)c1ccc(C(F)(F)F)cc1N(c1nsnc1Cc1ccccc1)S(=O)[O-]. The van der Waals surface area contributed by atoms with Crippen LogP contribution in [0, 0.1) is 0 Å². The Hall–Kier alpha value is -2.83. The fraction of sp³-hybridized carbons (Fsp3) is 0.167. The minimum Gasteiger partial charge on any atom is -0.755 e. The highest BCUT2D eigenvalue weighted by Crippen LogP contribution is 2.37. The number of ether oxygens (including phenoxy) is 1. The van der Waals surface area contributed by atoms with Gasteiger partial charge in [-0.25, -0.2) is 4.79 Å². The van der Waals surface area contributed by atoms with Crippen molar-refractivity contribution < 1.29 is 31.5 Å². The molecule has 0 amide bonds. The Morgan fingerprint density at radius 2 is 1.90 bits per heavy atom. The summed E-state index contributed by atoms with van der Waals surface area (Å²) in [5.74, 6) is -1.19.